The highest BCUT2D eigenvalue weighted by atomic mass is 35.5. The third kappa shape index (κ3) is 3.79. The Hall–Kier alpha value is -1.43. The van der Waals surface area contributed by atoms with Gasteiger partial charge in [0.1, 0.15) is 5.69 Å². The summed E-state index contributed by atoms with van der Waals surface area (Å²) in [6.45, 7) is 0.519. The van der Waals surface area contributed by atoms with E-state index >= 15 is 0 Å². The van der Waals surface area contributed by atoms with Crippen molar-refractivity contribution >= 4 is 28.8 Å². The van der Waals surface area contributed by atoms with Crippen LogP contribution in [0.25, 0.3) is 0 Å². The van der Waals surface area contributed by atoms with Crippen LogP contribution in [0.1, 0.15) is 22.1 Å². The van der Waals surface area contributed by atoms with Crippen LogP contribution in [0.5, 0.6) is 0 Å². The summed E-state index contributed by atoms with van der Waals surface area (Å²) in [4.78, 5) is 18.0. The molecule has 1 unspecified atom stereocenters. The number of hydrogen-bond donors (Lipinski definition) is 1. The highest BCUT2D eigenvalue weighted by Crippen LogP contribution is 2.19. The minimum Gasteiger partial charge on any atom is -0.349 e. The molecule has 0 saturated heterocycles. The summed E-state index contributed by atoms with van der Waals surface area (Å²) >= 11 is 7.31. The van der Waals surface area contributed by atoms with Gasteiger partial charge in [-0.2, -0.15) is 0 Å². The molecule has 1 amide bonds. The Labute approximate surface area is 127 Å². The normalized spacial score (nSPS) is 12.4. The van der Waals surface area contributed by atoms with Crippen molar-refractivity contribution in [1.29, 1.82) is 0 Å². The Morgan fingerprint density at radius 1 is 1.40 bits per heavy atom. The standard InChI is InChI=1S/C14H16ClN3OS/c1-18(2)13(10-3-5-11(15)6-4-10)7-16-14(19)12-8-20-9-17-12/h3-6,8-9,13H,7H2,1-2H3,(H,16,19). The predicted molar refractivity (Wildman–Crippen MR) is 82.3 cm³/mol. The Morgan fingerprint density at radius 3 is 2.65 bits per heavy atom. The van der Waals surface area contributed by atoms with E-state index in [-0.39, 0.29) is 11.9 Å². The van der Waals surface area contributed by atoms with Crippen LogP contribution in [0, 0.1) is 0 Å². The SMILES string of the molecule is CN(C)C(CNC(=O)c1cscn1)c1ccc(Cl)cc1. The van der Waals surface area contributed by atoms with E-state index in [0.29, 0.717) is 17.3 Å². The van der Waals surface area contributed by atoms with Crippen LogP contribution in [0.4, 0.5) is 0 Å². The molecule has 0 spiro atoms. The summed E-state index contributed by atoms with van der Waals surface area (Å²) in [5.74, 6) is -0.146. The third-order valence-electron chi connectivity index (χ3n) is 3.00. The summed E-state index contributed by atoms with van der Waals surface area (Å²) in [6, 6.07) is 7.75. The van der Waals surface area contributed by atoms with Gasteiger partial charge in [0.2, 0.25) is 0 Å². The fraction of sp³-hybridized carbons (Fsp3) is 0.286. The van der Waals surface area contributed by atoms with Crippen molar-refractivity contribution < 1.29 is 4.79 Å². The molecule has 20 heavy (non-hydrogen) atoms. The van der Waals surface area contributed by atoms with E-state index in [2.05, 4.69) is 15.2 Å². The number of aromatic nitrogens is 1. The van der Waals surface area contributed by atoms with Gasteiger partial charge in [0.05, 0.1) is 11.6 Å². The molecule has 1 atom stereocenters. The molecule has 4 nitrogen and oxygen atoms in total. The molecule has 106 valence electrons. The smallest absolute Gasteiger partial charge is 0.270 e. The van der Waals surface area contributed by atoms with E-state index in [4.69, 9.17) is 11.6 Å². The quantitative estimate of drug-likeness (QED) is 0.924. The molecule has 0 aliphatic carbocycles. The number of nitrogens with zero attached hydrogens (tertiary/aromatic N) is 2. The van der Waals surface area contributed by atoms with E-state index in [1.807, 2.05) is 38.4 Å². The van der Waals surface area contributed by atoms with Gasteiger partial charge in [-0.05, 0) is 31.8 Å². The minimum absolute atomic E-state index is 0.0925. The van der Waals surface area contributed by atoms with Gasteiger partial charge in [0.25, 0.3) is 5.91 Å². The highest BCUT2D eigenvalue weighted by molar-refractivity contribution is 7.07. The van der Waals surface area contributed by atoms with Gasteiger partial charge >= 0.3 is 0 Å². The molecule has 0 saturated carbocycles. The van der Waals surface area contributed by atoms with Crippen molar-refractivity contribution in [2.75, 3.05) is 20.6 Å². The van der Waals surface area contributed by atoms with Crippen molar-refractivity contribution in [3.8, 4) is 0 Å². The van der Waals surface area contributed by atoms with Gasteiger partial charge in [-0.15, -0.1) is 11.3 Å². The lowest BCUT2D eigenvalue weighted by atomic mass is 10.1. The van der Waals surface area contributed by atoms with Gasteiger partial charge in [-0.3, -0.25) is 4.79 Å². The van der Waals surface area contributed by atoms with Crippen LogP contribution in [0.3, 0.4) is 0 Å². The van der Waals surface area contributed by atoms with E-state index < -0.39 is 0 Å². The van der Waals surface area contributed by atoms with Gasteiger partial charge in [-0.25, -0.2) is 4.98 Å². The lowest BCUT2D eigenvalue weighted by molar-refractivity contribution is 0.0937. The second kappa shape index (κ2) is 6.83. The topological polar surface area (TPSA) is 45.2 Å². The van der Waals surface area contributed by atoms with Crippen molar-refractivity contribution in [2.24, 2.45) is 0 Å². The van der Waals surface area contributed by atoms with Crippen LogP contribution in [0.2, 0.25) is 5.02 Å². The number of hydrogen-bond acceptors (Lipinski definition) is 4. The number of rotatable bonds is 5. The second-order valence-corrected chi connectivity index (χ2v) is 5.77. The van der Waals surface area contributed by atoms with Gasteiger partial charge in [-0.1, -0.05) is 23.7 Å². The molecule has 0 aliphatic heterocycles. The minimum atomic E-state index is -0.146. The molecular weight excluding hydrogens is 294 g/mol. The van der Waals surface area contributed by atoms with Crippen LogP contribution in [-0.2, 0) is 0 Å². The van der Waals surface area contributed by atoms with Crippen LogP contribution in [-0.4, -0.2) is 36.4 Å². The summed E-state index contributed by atoms with van der Waals surface area (Å²) in [5.41, 5.74) is 3.22. The van der Waals surface area contributed by atoms with Crippen LogP contribution >= 0.6 is 22.9 Å². The molecule has 2 rings (SSSR count). The molecule has 1 aromatic heterocycles. The van der Waals surface area contributed by atoms with Crippen molar-refractivity contribution in [3.63, 3.8) is 0 Å². The zero-order chi connectivity index (χ0) is 14.5. The predicted octanol–water partition coefficient (Wildman–Crippen LogP) is 2.83. The first-order valence-electron chi connectivity index (χ1n) is 6.16. The van der Waals surface area contributed by atoms with Crippen LogP contribution < -0.4 is 5.32 Å². The number of thiazole rings is 1. The zero-order valence-corrected chi connectivity index (χ0v) is 12.9. The van der Waals surface area contributed by atoms with Crippen LogP contribution in [0.15, 0.2) is 35.2 Å². The number of likely N-dealkylation sites (N-methyl/N-ethyl adjacent to an activating group) is 1. The first-order valence-corrected chi connectivity index (χ1v) is 7.48. The first-order chi connectivity index (χ1) is 9.58. The average molecular weight is 310 g/mol. The fourth-order valence-electron chi connectivity index (χ4n) is 1.89. The monoisotopic (exact) mass is 309 g/mol. The lowest BCUT2D eigenvalue weighted by Gasteiger charge is -2.25. The number of carbonyl (C=O) groups excluding carboxylic acids is 1. The number of nitrogens with one attached hydrogen (secondary N) is 1. The molecular formula is C14H16ClN3OS. The van der Waals surface area contributed by atoms with Crippen molar-refractivity contribution in [1.82, 2.24) is 15.2 Å². The molecule has 2 aromatic rings. The average Bonchev–Trinajstić information content (AvgIpc) is 2.94. The van der Waals surface area contributed by atoms with E-state index in [1.54, 1.807) is 10.9 Å². The molecule has 1 aromatic carbocycles. The molecule has 0 bridgehead atoms. The van der Waals surface area contributed by atoms with E-state index in [9.17, 15) is 4.79 Å². The molecule has 1 N–H and O–H groups in total. The van der Waals surface area contributed by atoms with Gasteiger partial charge < -0.3 is 10.2 Å². The van der Waals surface area contributed by atoms with Crippen molar-refractivity contribution in [2.45, 2.75) is 6.04 Å². The Morgan fingerprint density at radius 2 is 2.10 bits per heavy atom. The number of amides is 1. The zero-order valence-electron chi connectivity index (χ0n) is 11.3. The summed E-state index contributed by atoms with van der Waals surface area (Å²) in [6.07, 6.45) is 0. The Balaban J connectivity index is 2.03. The summed E-state index contributed by atoms with van der Waals surface area (Å²) in [7, 11) is 3.96. The molecule has 0 fully saturated rings. The summed E-state index contributed by atoms with van der Waals surface area (Å²) < 4.78 is 0. The maximum atomic E-state index is 11.9. The third-order valence-corrected chi connectivity index (χ3v) is 3.84. The first kappa shape index (κ1) is 15.0. The number of carbonyl (C=O) groups is 1. The van der Waals surface area contributed by atoms with Gasteiger partial charge in [0, 0.05) is 16.9 Å². The summed E-state index contributed by atoms with van der Waals surface area (Å²) in [5, 5.41) is 5.35. The molecule has 6 heteroatoms. The number of benzene rings is 1. The highest BCUT2D eigenvalue weighted by Gasteiger charge is 2.16. The van der Waals surface area contributed by atoms with E-state index in [1.165, 1.54) is 11.3 Å². The maximum Gasteiger partial charge on any atom is 0.270 e. The second-order valence-electron chi connectivity index (χ2n) is 4.61. The Bertz CT molecular complexity index is 554. The molecule has 1 heterocycles. The Kier molecular flexibility index (Phi) is 5.11. The largest absolute Gasteiger partial charge is 0.349 e. The lowest BCUT2D eigenvalue weighted by Crippen LogP contribution is -2.34. The van der Waals surface area contributed by atoms with E-state index in [0.717, 1.165) is 5.56 Å². The number of halogens is 1. The molecule has 0 radical (unpaired) electrons. The van der Waals surface area contributed by atoms with Gasteiger partial charge in [0.15, 0.2) is 0 Å². The van der Waals surface area contributed by atoms with Crippen molar-refractivity contribution in [3.05, 3.63) is 51.4 Å². The fourth-order valence-corrected chi connectivity index (χ4v) is 2.55. The molecule has 0 aliphatic rings. The maximum absolute atomic E-state index is 11.9.